The third kappa shape index (κ3) is 3.31. The monoisotopic (exact) mass is 349 g/mol. The Bertz CT molecular complexity index is 993. The Kier molecular flexibility index (Phi) is 4.16. The smallest absolute Gasteiger partial charge is 0.428 e. The summed E-state index contributed by atoms with van der Waals surface area (Å²) in [5, 5.41) is 10.6. The Balaban J connectivity index is 2.13. The van der Waals surface area contributed by atoms with Crippen LogP contribution in [0.25, 0.3) is 10.9 Å². The second-order valence-corrected chi connectivity index (χ2v) is 5.55. The summed E-state index contributed by atoms with van der Waals surface area (Å²) in [6.45, 7) is 1.54. The normalized spacial score (nSPS) is 11.7. The number of hydrogen-bond donors (Lipinski definition) is 1. The van der Waals surface area contributed by atoms with Crippen LogP contribution in [0, 0.1) is 6.92 Å². The van der Waals surface area contributed by atoms with Crippen LogP contribution in [0.3, 0.4) is 0 Å². The molecular formula is C18H14F3NO3. The predicted octanol–water partition coefficient (Wildman–Crippen LogP) is 4.04. The van der Waals surface area contributed by atoms with E-state index in [2.05, 4.69) is 4.74 Å². The molecule has 0 unspecified atom stereocenters. The molecule has 0 atom stereocenters. The van der Waals surface area contributed by atoms with Gasteiger partial charge in [-0.2, -0.15) is 4.73 Å². The fourth-order valence-corrected chi connectivity index (χ4v) is 2.76. The molecule has 0 saturated carbocycles. The molecule has 4 nitrogen and oxygen atoms in total. The van der Waals surface area contributed by atoms with E-state index in [1.54, 1.807) is 30.3 Å². The summed E-state index contributed by atoms with van der Waals surface area (Å²) in [5.41, 5.74) is 0.689. The van der Waals surface area contributed by atoms with Gasteiger partial charge in [0, 0.05) is 17.4 Å². The van der Waals surface area contributed by atoms with Crippen molar-refractivity contribution < 1.29 is 23.1 Å². The number of ether oxygens (including phenoxy) is 1. The van der Waals surface area contributed by atoms with Gasteiger partial charge in [-0.25, -0.2) is 0 Å². The Hall–Kier alpha value is -2.96. The van der Waals surface area contributed by atoms with Crippen molar-refractivity contribution in [3.63, 3.8) is 0 Å². The molecule has 3 aromatic rings. The Morgan fingerprint density at radius 2 is 1.72 bits per heavy atom. The standard InChI is InChI=1S/C18H14F3NO3/c1-11-14(17(23)13-7-3-4-8-15(13)22(11)24)10-12-6-2-5-9-16(12)25-18(19,20)21/h2-9,24H,10H2,1H3. The van der Waals surface area contributed by atoms with E-state index in [4.69, 9.17) is 0 Å². The summed E-state index contributed by atoms with van der Waals surface area (Å²) in [7, 11) is 0. The summed E-state index contributed by atoms with van der Waals surface area (Å²) < 4.78 is 42.6. The number of aromatic nitrogens is 1. The predicted molar refractivity (Wildman–Crippen MR) is 86.1 cm³/mol. The molecule has 0 aliphatic carbocycles. The van der Waals surface area contributed by atoms with Gasteiger partial charge in [-0.1, -0.05) is 30.3 Å². The molecule has 25 heavy (non-hydrogen) atoms. The fraction of sp³-hybridized carbons (Fsp3) is 0.167. The molecule has 0 fully saturated rings. The van der Waals surface area contributed by atoms with Gasteiger partial charge < -0.3 is 9.94 Å². The zero-order chi connectivity index (χ0) is 18.2. The van der Waals surface area contributed by atoms with Gasteiger partial charge in [0.1, 0.15) is 5.75 Å². The van der Waals surface area contributed by atoms with Crippen molar-refractivity contribution in [1.29, 1.82) is 0 Å². The van der Waals surface area contributed by atoms with Gasteiger partial charge in [-0.3, -0.25) is 4.79 Å². The van der Waals surface area contributed by atoms with Gasteiger partial charge in [0.2, 0.25) is 0 Å². The van der Waals surface area contributed by atoms with Crippen molar-refractivity contribution >= 4 is 10.9 Å². The van der Waals surface area contributed by atoms with Crippen molar-refractivity contribution in [3.05, 3.63) is 75.6 Å². The largest absolute Gasteiger partial charge is 0.573 e. The van der Waals surface area contributed by atoms with Crippen molar-refractivity contribution in [2.45, 2.75) is 19.7 Å². The van der Waals surface area contributed by atoms with Crippen molar-refractivity contribution in [1.82, 2.24) is 4.73 Å². The van der Waals surface area contributed by atoms with E-state index in [9.17, 15) is 23.2 Å². The SMILES string of the molecule is Cc1c(Cc2ccccc2OC(F)(F)F)c(=O)c2ccccc2n1O. The first-order chi connectivity index (χ1) is 11.8. The number of para-hydroxylation sites is 2. The molecule has 0 bridgehead atoms. The van der Waals surface area contributed by atoms with Crippen LogP contribution in [0.2, 0.25) is 0 Å². The molecule has 2 aromatic carbocycles. The quantitative estimate of drug-likeness (QED) is 0.726. The Morgan fingerprint density at radius 1 is 1.08 bits per heavy atom. The molecule has 3 rings (SSSR count). The van der Waals surface area contributed by atoms with E-state index < -0.39 is 6.36 Å². The first kappa shape index (κ1) is 16.9. The number of benzene rings is 2. The Labute approximate surface area is 140 Å². The number of nitrogens with zero attached hydrogens (tertiary/aromatic N) is 1. The van der Waals surface area contributed by atoms with Crippen LogP contribution < -0.4 is 10.2 Å². The summed E-state index contributed by atoms with van der Waals surface area (Å²) in [6, 6.07) is 12.1. The highest BCUT2D eigenvalue weighted by Crippen LogP contribution is 2.28. The fourth-order valence-electron chi connectivity index (χ4n) is 2.76. The van der Waals surface area contributed by atoms with Crippen LogP contribution in [-0.4, -0.2) is 16.3 Å². The summed E-state index contributed by atoms with van der Waals surface area (Å²) in [4.78, 5) is 12.7. The van der Waals surface area contributed by atoms with Crippen LogP contribution in [0.5, 0.6) is 5.75 Å². The number of halogens is 3. The third-order valence-corrected chi connectivity index (χ3v) is 3.97. The van der Waals surface area contributed by atoms with Gasteiger partial charge >= 0.3 is 6.36 Å². The van der Waals surface area contributed by atoms with Crippen molar-refractivity contribution in [3.8, 4) is 5.75 Å². The van der Waals surface area contributed by atoms with Gasteiger partial charge in [-0.15, -0.1) is 13.2 Å². The summed E-state index contributed by atoms with van der Waals surface area (Å²) in [5.74, 6) is -0.369. The first-order valence-electron chi connectivity index (χ1n) is 7.44. The number of rotatable bonds is 3. The lowest BCUT2D eigenvalue weighted by atomic mass is 10.0. The van der Waals surface area contributed by atoms with Crippen molar-refractivity contribution in [2.24, 2.45) is 0 Å². The molecule has 0 radical (unpaired) electrons. The molecular weight excluding hydrogens is 335 g/mol. The van der Waals surface area contributed by atoms with Crippen LogP contribution >= 0.6 is 0 Å². The number of alkyl halides is 3. The van der Waals surface area contributed by atoms with Crippen LogP contribution in [0.1, 0.15) is 16.8 Å². The van der Waals surface area contributed by atoms with E-state index in [0.29, 0.717) is 10.9 Å². The second kappa shape index (κ2) is 6.16. The zero-order valence-corrected chi connectivity index (χ0v) is 13.2. The third-order valence-electron chi connectivity index (χ3n) is 3.97. The zero-order valence-electron chi connectivity index (χ0n) is 13.2. The minimum atomic E-state index is -4.83. The molecule has 1 heterocycles. The van der Waals surface area contributed by atoms with Gasteiger partial charge in [0.25, 0.3) is 0 Å². The van der Waals surface area contributed by atoms with Crippen molar-refractivity contribution in [2.75, 3.05) is 0 Å². The lowest BCUT2D eigenvalue weighted by Crippen LogP contribution is -2.20. The molecule has 1 N–H and O–H groups in total. The maximum atomic E-state index is 12.7. The lowest BCUT2D eigenvalue weighted by Gasteiger charge is -2.15. The molecule has 0 saturated heterocycles. The molecule has 0 amide bonds. The molecule has 0 spiro atoms. The molecule has 1 aromatic heterocycles. The lowest BCUT2D eigenvalue weighted by molar-refractivity contribution is -0.274. The Morgan fingerprint density at radius 3 is 2.44 bits per heavy atom. The van der Waals surface area contributed by atoms with E-state index in [-0.39, 0.29) is 34.4 Å². The van der Waals surface area contributed by atoms with E-state index >= 15 is 0 Å². The van der Waals surface area contributed by atoms with Gasteiger partial charge in [0.15, 0.2) is 5.43 Å². The highest BCUT2D eigenvalue weighted by molar-refractivity contribution is 5.79. The van der Waals surface area contributed by atoms with Crippen LogP contribution in [-0.2, 0) is 6.42 Å². The first-order valence-corrected chi connectivity index (χ1v) is 7.44. The van der Waals surface area contributed by atoms with Gasteiger partial charge in [-0.05, 0) is 30.7 Å². The van der Waals surface area contributed by atoms with Gasteiger partial charge in [0.05, 0.1) is 11.2 Å². The second-order valence-electron chi connectivity index (χ2n) is 5.55. The molecule has 7 heteroatoms. The summed E-state index contributed by atoms with van der Waals surface area (Å²) >= 11 is 0. The highest BCUT2D eigenvalue weighted by Gasteiger charge is 2.32. The maximum Gasteiger partial charge on any atom is 0.573 e. The van der Waals surface area contributed by atoms with Crippen LogP contribution in [0.15, 0.2) is 53.3 Å². The molecule has 130 valence electrons. The average Bonchev–Trinajstić information content (AvgIpc) is 2.57. The number of fused-ring (bicyclic) bond motifs is 1. The van der Waals surface area contributed by atoms with E-state index in [0.717, 1.165) is 4.73 Å². The molecule has 0 aliphatic heterocycles. The highest BCUT2D eigenvalue weighted by atomic mass is 19.4. The molecule has 0 aliphatic rings. The topological polar surface area (TPSA) is 51.5 Å². The minimum absolute atomic E-state index is 0.0949. The maximum absolute atomic E-state index is 12.7. The number of pyridine rings is 1. The average molecular weight is 349 g/mol. The number of hydrogen-bond acceptors (Lipinski definition) is 3. The van der Waals surface area contributed by atoms with E-state index in [1.165, 1.54) is 25.1 Å². The minimum Gasteiger partial charge on any atom is -0.428 e. The summed E-state index contributed by atoms with van der Waals surface area (Å²) in [6.07, 6.45) is -4.92. The van der Waals surface area contributed by atoms with Crippen LogP contribution in [0.4, 0.5) is 13.2 Å². The van der Waals surface area contributed by atoms with E-state index in [1.807, 2.05) is 0 Å².